The lowest BCUT2D eigenvalue weighted by Gasteiger charge is -2.18. The first-order valence-corrected chi connectivity index (χ1v) is 6.05. The van der Waals surface area contributed by atoms with E-state index in [0.29, 0.717) is 0 Å². The summed E-state index contributed by atoms with van der Waals surface area (Å²) in [5.41, 5.74) is 4.19. The summed E-state index contributed by atoms with van der Waals surface area (Å²) in [6.07, 6.45) is 1.80. The third-order valence-corrected chi connectivity index (χ3v) is 2.91. The average molecular weight is 242 g/mol. The van der Waals surface area contributed by atoms with Crippen LogP contribution in [0.1, 0.15) is 22.9 Å². The maximum Gasteiger partial charge on any atom is 0.0759 e. The predicted molar refractivity (Wildman–Crippen MR) is 73.6 cm³/mol. The largest absolute Gasteiger partial charge is 0.394 e. The van der Waals surface area contributed by atoms with Gasteiger partial charge in [-0.25, -0.2) is 0 Å². The molecule has 0 spiro atoms. The number of aliphatic hydroxyl groups is 1. The van der Waals surface area contributed by atoms with Gasteiger partial charge in [0.1, 0.15) is 0 Å². The van der Waals surface area contributed by atoms with Crippen molar-refractivity contribution < 1.29 is 5.11 Å². The molecule has 0 aliphatic heterocycles. The molecule has 18 heavy (non-hydrogen) atoms. The van der Waals surface area contributed by atoms with Crippen LogP contribution in [0.4, 0.5) is 5.69 Å². The monoisotopic (exact) mass is 242 g/mol. The van der Waals surface area contributed by atoms with Gasteiger partial charge in [0.15, 0.2) is 0 Å². The summed E-state index contributed by atoms with van der Waals surface area (Å²) < 4.78 is 0. The number of hydrogen-bond acceptors (Lipinski definition) is 3. The van der Waals surface area contributed by atoms with Gasteiger partial charge in [-0.2, -0.15) is 0 Å². The zero-order valence-electron chi connectivity index (χ0n) is 10.7. The maximum absolute atomic E-state index is 9.47. The lowest BCUT2D eigenvalue weighted by molar-refractivity contribution is 0.276. The summed E-state index contributed by atoms with van der Waals surface area (Å²) >= 11 is 0. The van der Waals surface area contributed by atoms with Gasteiger partial charge in [0.25, 0.3) is 0 Å². The van der Waals surface area contributed by atoms with E-state index >= 15 is 0 Å². The highest BCUT2D eigenvalue weighted by molar-refractivity contribution is 5.46. The van der Waals surface area contributed by atoms with Crippen molar-refractivity contribution in [2.24, 2.45) is 0 Å². The van der Waals surface area contributed by atoms with E-state index in [2.05, 4.69) is 17.2 Å². The van der Waals surface area contributed by atoms with Crippen molar-refractivity contribution in [1.82, 2.24) is 4.98 Å². The molecule has 0 amide bonds. The van der Waals surface area contributed by atoms with Crippen molar-refractivity contribution in [3.63, 3.8) is 0 Å². The zero-order valence-corrected chi connectivity index (χ0v) is 10.7. The molecule has 0 saturated carbocycles. The molecule has 3 nitrogen and oxygen atoms in total. The number of pyridine rings is 1. The van der Waals surface area contributed by atoms with Gasteiger partial charge in [0.05, 0.1) is 12.6 Å². The van der Waals surface area contributed by atoms with E-state index in [-0.39, 0.29) is 12.6 Å². The molecule has 0 aliphatic carbocycles. The fraction of sp³-hybridized carbons (Fsp3) is 0.267. The van der Waals surface area contributed by atoms with E-state index < -0.39 is 0 Å². The second-order valence-electron chi connectivity index (χ2n) is 4.48. The minimum absolute atomic E-state index is 0.0403. The molecule has 0 aliphatic rings. The van der Waals surface area contributed by atoms with Crippen LogP contribution in [-0.2, 0) is 0 Å². The van der Waals surface area contributed by atoms with Crippen LogP contribution in [0.5, 0.6) is 0 Å². The van der Waals surface area contributed by atoms with E-state index in [4.69, 9.17) is 0 Å². The number of benzene rings is 1. The van der Waals surface area contributed by atoms with Crippen LogP contribution in [0.15, 0.2) is 42.6 Å². The summed E-state index contributed by atoms with van der Waals surface area (Å²) in [5, 5.41) is 12.8. The molecular weight excluding hydrogens is 224 g/mol. The molecule has 94 valence electrons. The standard InChI is InChI=1S/C15H18N2O/c1-11-3-7-14(8-4-11)17-15(10-18)13-6-5-12(2)16-9-13/h3-9,15,17-18H,10H2,1-2H3. The Bertz CT molecular complexity index is 491. The highest BCUT2D eigenvalue weighted by Crippen LogP contribution is 2.19. The van der Waals surface area contributed by atoms with Crippen molar-refractivity contribution in [3.8, 4) is 0 Å². The Morgan fingerprint density at radius 2 is 1.83 bits per heavy atom. The molecule has 1 atom stereocenters. The molecule has 1 aromatic heterocycles. The Balaban J connectivity index is 2.14. The van der Waals surface area contributed by atoms with E-state index in [1.54, 1.807) is 6.20 Å². The van der Waals surface area contributed by atoms with Crippen molar-refractivity contribution in [2.75, 3.05) is 11.9 Å². The Morgan fingerprint density at radius 3 is 2.39 bits per heavy atom. The Labute approximate surface area is 108 Å². The van der Waals surface area contributed by atoms with Crippen LogP contribution >= 0.6 is 0 Å². The van der Waals surface area contributed by atoms with Crippen LogP contribution in [0.3, 0.4) is 0 Å². The summed E-state index contributed by atoms with van der Waals surface area (Å²) in [5.74, 6) is 0. The number of aryl methyl sites for hydroxylation is 2. The van der Waals surface area contributed by atoms with Crippen molar-refractivity contribution in [1.29, 1.82) is 0 Å². The molecule has 2 aromatic rings. The molecule has 0 fully saturated rings. The van der Waals surface area contributed by atoms with Gasteiger partial charge in [-0.15, -0.1) is 0 Å². The van der Waals surface area contributed by atoms with Crippen molar-refractivity contribution in [2.45, 2.75) is 19.9 Å². The third-order valence-electron chi connectivity index (χ3n) is 2.91. The number of anilines is 1. The lowest BCUT2D eigenvalue weighted by Crippen LogP contribution is -2.15. The normalized spacial score (nSPS) is 12.2. The molecule has 2 rings (SSSR count). The molecule has 1 aromatic carbocycles. The van der Waals surface area contributed by atoms with Gasteiger partial charge in [-0.1, -0.05) is 23.8 Å². The fourth-order valence-electron chi connectivity index (χ4n) is 1.77. The smallest absolute Gasteiger partial charge is 0.0759 e. The molecule has 1 heterocycles. The third kappa shape index (κ3) is 3.08. The van der Waals surface area contributed by atoms with Gasteiger partial charge in [-0.05, 0) is 37.6 Å². The Hall–Kier alpha value is -1.87. The zero-order chi connectivity index (χ0) is 13.0. The molecule has 0 saturated heterocycles. The van der Waals surface area contributed by atoms with Gasteiger partial charge < -0.3 is 10.4 Å². The first-order chi connectivity index (χ1) is 8.69. The Kier molecular flexibility index (Phi) is 3.95. The topological polar surface area (TPSA) is 45.1 Å². The first-order valence-electron chi connectivity index (χ1n) is 6.05. The summed E-state index contributed by atoms with van der Waals surface area (Å²) in [7, 11) is 0. The van der Waals surface area contributed by atoms with Gasteiger partial charge in [0.2, 0.25) is 0 Å². The van der Waals surface area contributed by atoms with Crippen LogP contribution in [0.25, 0.3) is 0 Å². The van der Waals surface area contributed by atoms with E-state index in [9.17, 15) is 5.11 Å². The summed E-state index contributed by atoms with van der Waals surface area (Å²) in [6, 6.07) is 11.9. The first kappa shape index (κ1) is 12.6. The fourth-order valence-corrected chi connectivity index (χ4v) is 1.77. The van der Waals surface area contributed by atoms with E-state index in [1.807, 2.05) is 43.3 Å². The lowest BCUT2D eigenvalue weighted by atomic mass is 10.1. The molecular formula is C15H18N2O. The number of aliphatic hydroxyl groups excluding tert-OH is 1. The average Bonchev–Trinajstić information content (AvgIpc) is 2.39. The molecule has 0 radical (unpaired) electrons. The van der Waals surface area contributed by atoms with E-state index in [1.165, 1.54) is 5.56 Å². The quantitative estimate of drug-likeness (QED) is 0.866. The van der Waals surface area contributed by atoms with E-state index in [0.717, 1.165) is 16.9 Å². The summed E-state index contributed by atoms with van der Waals surface area (Å²) in [6.45, 7) is 4.04. The predicted octanol–water partition coefficient (Wildman–Crippen LogP) is 2.84. The molecule has 3 heteroatoms. The second kappa shape index (κ2) is 5.65. The maximum atomic E-state index is 9.47. The minimum Gasteiger partial charge on any atom is -0.394 e. The minimum atomic E-state index is -0.124. The van der Waals surface area contributed by atoms with Crippen LogP contribution < -0.4 is 5.32 Å². The SMILES string of the molecule is Cc1ccc(NC(CO)c2ccc(C)nc2)cc1. The number of rotatable bonds is 4. The highest BCUT2D eigenvalue weighted by Gasteiger charge is 2.10. The van der Waals surface area contributed by atoms with Crippen molar-refractivity contribution in [3.05, 3.63) is 59.4 Å². The van der Waals surface area contributed by atoms with Gasteiger partial charge in [-0.3, -0.25) is 4.98 Å². The van der Waals surface area contributed by atoms with Gasteiger partial charge >= 0.3 is 0 Å². The Morgan fingerprint density at radius 1 is 1.11 bits per heavy atom. The number of nitrogens with one attached hydrogen (secondary N) is 1. The van der Waals surface area contributed by atoms with Gasteiger partial charge in [0, 0.05) is 17.6 Å². The highest BCUT2D eigenvalue weighted by atomic mass is 16.3. The molecule has 2 N–H and O–H groups in total. The summed E-state index contributed by atoms with van der Waals surface area (Å²) in [4.78, 5) is 4.25. The number of hydrogen-bond donors (Lipinski definition) is 2. The van der Waals surface area contributed by atoms with Crippen LogP contribution in [0, 0.1) is 13.8 Å². The second-order valence-corrected chi connectivity index (χ2v) is 4.48. The van der Waals surface area contributed by atoms with Crippen molar-refractivity contribution >= 4 is 5.69 Å². The van der Waals surface area contributed by atoms with Crippen LogP contribution in [-0.4, -0.2) is 16.7 Å². The number of aromatic nitrogens is 1. The van der Waals surface area contributed by atoms with Crippen LogP contribution in [0.2, 0.25) is 0 Å². The number of nitrogens with zero attached hydrogens (tertiary/aromatic N) is 1. The molecule has 0 bridgehead atoms. The molecule has 1 unspecified atom stereocenters.